The minimum absolute atomic E-state index is 0.848. The van der Waals surface area contributed by atoms with Crippen LogP contribution in [0.25, 0.3) is 66.1 Å². The van der Waals surface area contributed by atoms with Gasteiger partial charge >= 0.3 is 0 Å². The number of nitrogens with zero attached hydrogens (tertiary/aromatic N) is 6. The molecule has 0 unspecified atom stereocenters. The Morgan fingerprint density at radius 2 is 0.547 bits per heavy atom. The number of hydrogen-bond acceptors (Lipinski definition) is 6. The summed E-state index contributed by atoms with van der Waals surface area (Å²) in [6.07, 6.45) is 0. The summed E-state index contributed by atoms with van der Waals surface area (Å²) >= 11 is 0. The maximum atomic E-state index is 5.40. The maximum absolute atomic E-state index is 5.40. The molecule has 0 saturated carbocycles. The fraction of sp³-hybridized carbons (Fsp3) is 0.0690. The summed E-state index contributed by atoms with van der Waals surface area (Å²) in [5.74, 6) is 1.70. The molecule has 11 rings (SSSR count). The summed E-state index contributed by atoms with van der Waals surface area (Å²) in [7, 11) is 0. The molecule has 0 saturated heterocycles. The fourth-order valence-electron chi connectivity index (χ4n) is 9.06. The lowest BCUT2D eigenvalue weighted by Gasteiger charge is -2.25. The van der Waals surface area contributed by atoms with E-state index >= 15 is 0 Å². The van der Waals surface area contributed by atoms with Gasteiger partial charge in [0.2, 0.25) is 0 Å². The van der Waals surface area contributed by atoms with Gasteiger partial charge in [-0.3, -0.25) is 9.80 Å². The van der Waals surface area contributed by atoms with Crippen molar-refractivity contribution >= 4 is 78.0 Å². The van der Waals surface area contributed by atoms with Gasteiger partial charge in [-0.25, -0.2) is 19.9 Å². The molecule has 6 nitrogen and oxygen atoms in total. The van der Waals surface area contributed by atoms with Gasteiger partial charge in [0.15, 0.2) is 0 Å². The minimum Gasteiger partial charge on any atom is -0.295 e. The summed E-state index contributed by atoms with van der Waals surface area (Å²) in [6, 6.07) is 67.8. The van der Waals surface area contributed by atoms with E-state index in [-0.39, 0.29) is 0 Å². The van der Waals surface area contributed by atoms with Gasteiger partial charge in [-0.2, -0.15) is 0 Å². The molecule has 0 radical (unpaired) electrons. The number of fused-ring (bicyclic) bond motifs is 6. The quantitative estimate of drug-likeness (QED) is 0.142. The zero-order chi connectivity index (χ0) is 43.3. The van der Waals surface area contributed by atoms with Crippen molar-refractivity contribution in [2.75, 3.05) is 9.80 Å². The molecule has 4 aromatic heterocycles. The third kappa shape index (κ3) is 6.86. The van der Waals surface area contributed by atoms with Crippen molar-refractivity contribution in [1.82, 2.24) is 19.9 Å². The number of rotatable bonds is 8. The molecule has 306 valence electrons. The summed E-state index contributed by atoms with van der Waals surface area (Å²) in [4.78, 5) is 26.0. The topological polar surface area (TPSA) is 58.0 Å². The molecule has 0 amide bonds. The molecule has 6 heteroatoms. The van der Waals surface area contributed by atoms with Crippen LogP contribution in [-0.2, 0) is 0 Å². The summed E-state index contributed by atoms with van der Waals surface area (Å²) in [5.41, 5.74) is 16.2. The van der Waals surface area contributed by atoms with Crippen LogP contribution in [0.4, 0.5) is 34.4 Å². The van der Waals surface area contributed by atoms with Crippen molar-refractivity contribution in [2.24, 2.45) is 0 Å². The largest absolute Gasteiger partial charge is 0.295 e. The second kappa shape index (κ2) is 15.9. The summed E-state index contributed by atoms with van der Waals surface area (Å²) in [5, 5.41) is 4.36. The van der Waals surface area contributed by atoms with E-state index in [1.54, 1.807) is 0 Å². The molecule has 64 heavy (non-hydrogen) atoms. The molecular weight excluding hydrogens is 781 g/mol. The Bertz CT molecular complexity index is 3210. The van der Waals surface area contributed by atoms with Crippen LogP contribution in [0, 0.1) is 27.7 Å². The van der Waals surface area contributed by atoms with Gasteiger partial charge < -0.3 is 0 Å². The van der Waals surface area contributed by atoms with Crippen molar-refractivity contribution in [3.8, 4) is 22.5 Å². The van der Waals surface area contributed by atoms with Gasteiger partial charge in [0.05, 0.1) is 33.5 Å². The Kier molecular flexibility index (Phi) is 9.62. The second-order valence-electron chi connectivity index (χ2n) is 16.5. The van der Waals surface area contributed by atoms with Gasteiger partial charge in [0.25, 0.3) is 0 Å². The molecule has 0 aliphatic heterocycles. The van der Waals surface area contributed by atoms with Gasteiger partial charge in [-0.05, 0) is 123 Å². The maximum Gasteiger partial charge on any atom is 0.138 e. The monoisotopic (exact) mass is 824 g/mol. The SMILES string of the molecule is Cc1cc(-c2ccc(-c3cc(C)c4ccc5c(C)cc(N(c6ccccc6)c6ccccc6)nc5c4n3)cc2)nc2c1ccc1c(C)cc(N(c3ccccc3)c3ccccc3)nc12. The molecule has 4 heterocycles. The Hall–Kier alpha value is -8.22. The van der Waals surface area contributed by atoms with Crippen LogP contribution in [0.3, 0.4) is 0 Å². The predicted molar refractivity (Wildman–Crippen MR) is 267 cm³/mol. The highest BCUT2D eigenvalue weighted by molar-refractivity contribution is 6.08. The number of aromatic nitrogens is 4. The van der Waals surface area contributed by atoms with Gasteiger partial charge in [0, 0.05) is 55.4 Å². The number of anilines is 6. The number of benzene rings is 7. The number of aryl methyl sites for hydroxylation is 4. The van der Waals surface area contributed by atoms with Gasteiger partial charge in [0.1, 0.15) is 11.6 Å². The van der Waals surface area contributed by atoms with Crippen LogP contribution in [0.15, 0.2) is 194 Å². The third-order valence-corrected chi connectivity index (χ3v) is 12.3. The van der Waals surface area contributed by atoms with E-state index in [1.165, 1.54) is 0 Å². The normalized spacial score (nSPS) is 11.4. The lowest BCUT2D eigenvalue weighted by molar-refractivity contribution is 1.20. The minimum atomic E-state index is 0.848. The first-order valence-electron chi connectivity index (χ1n) is 21.7. The highest BCUT2D eigenvalue weighted by Gasteiger charge is 2.20. The van der Waals surface area contributed by atoms with Gasteiger partial charge in [-0.15, -0.1) is 0 Å². The first kappa shape index (κ1) is 38.7. The molecule has 7 aromatic carbocycles. The van der Waals surface area contributed by atoms with Crippen molar-refractivity contribution < 1.29 is 0 Å². The van der Waals surface area contributed by atoms with Crippen LogP contribution < -0.4 is 9.80 Å². The molecule has 0 aliphatic carbocycles. The molecule has 0 N–H and O–H groups in total. The Balaban J connectivity index is 1.00. The molecule has 0 aliphatic rings. The standard InChI is InChI=1S/C58H44N6/c1-37-33-51(59-55-47(37)29-31-49-39(3)35-53(61-57(49)55)63(43-17-9-5-10-18-43)44-19-11-6-12-20-44)41-25-27-42(28-26-41)52-34-38(2)48-30-32-50-40(4)36-54(62-58(50)56(48)60-52)64(45-21-13-7-14-22-45)46-23-15-8-16-24-46/h5-36H,1-4H3. The first-order valence-corrected chi connectivity index (χ1v) is 21.7. The average molecular weight is 825 g/mol. The van der Waals surface area contributed by atoms with E-state index in [0.717, 1.165) is 123 Å². The molecule has 0 spiro atoms. The smallest absolute Gasteiger partial charge is 0.138 e. The third-order valence-electron chi connectivity index (χ3n) is 12.3. The first-order chi connectivity index (χ1) is 31.4. The van der Waals surface area contributed by atoms with E-state index < -0.39 is 0 Å². The molecule has 11 aromatic rings. The molecular formula is C58H44N6. The Morgan fingerprint density at radius 1 is 0.281 bits per heavy atom. The zero-order valence-electron chi connectivity index (χ0n) is 36.2. The number of pyridine rings is 4. The lowest BCUT2D eigenvalue weighted by atomic mass is 9.99. The molecule has 0 bridgehead atoms. The Labute approximate surface area is 372 Å². The molecule has 0 fully saturated rings. The van der Waals surface area contributed by atoms with Crippen molar-refractivity contribution in [1.29, 1.82) is 0 Å². The van der Waals surface area contributed by atoms with Gasteiger partial charge in [-0.1, -0.05) is 121 Å². The summed E-state index contributed by atoms with van der Waals surface area (Å²) in [6.45, 7) is 8.65. The second-order valence-corrected chi connectivity index (χ2v) is 16.5. The average Bonchev–Trinajstić information content (AvgIpc) is 3.33. The van der Waals surface area contributed by atoms with Crippen molar-refractivity contribution in [3.05, 3.63) is 216 Å². The van der Waals surface area contributed by atoms with Crippen LogP contribution in [0.1, 0.15) is 22.3 Å². The van der Waals surface area contributed by atoms with Crippen molar-refractivity contribution in [3.63, 3.8) is 0 Å². The summed E-state index contributed by atoms with van der Waals surface area (Å²) < 4.78 is 0. The van der Waals surface area contributed by atoms with Crippen molar-refractivity contribution in [2.45, 2.75) is 27.7 Å². The van der Waals surface area contributed by atoms with Crippen LogP contribution >= 0.6 is 0 Å². The highest BCUT2D eigenvalue weighted by atomic mass is 15.2. The van der Waals surface area contributed by atoms with E-state index in [4.69, 9.17) is 19.9 Å². The zero-order valence-corrected chi connectivity index (χ0v) is 36.2. The van der Waals surface area contributed by atoms with E-state index in [2.05, 4.69) is 207 Å². The number of hydrogen-bond donors (Lipinski definition) is 0. The van der Waals surface area contributed by atoms with Crippen LogP contribution in [0.2, 0.25) is 0 Å². The Morgan fingerprint density at radius 3 is 0.844 bits per heavy atom. The number of para-hydroxylation sites is 4. The highest BCUT2D eigenvalue weighted by Crippen LogP contribution is 2.40. The van der Waals surface area contributed by atoms with E-state index in [9.17, 15) is 0 Å². The van der Waals surface area contributed by atoms with Crippen LogP contribution in [-0.4, -0.2) is 19.9 Å². The predicted octanol–water partition coefficient (Wildman–Crippen LogP) is 15.4. The van der Waals surface area contributed by atoms with E-state index in [0.29, 0.717) is 0 Å². The molecule has 0 atom stereocenters. The van der Waals surface area contributed by atoms with E-state index in [1.807, 2.05) is 24.3 Å². The van der Waals surface area contributed by atoms with Crippen LogP contribution in [0.5, 0.6) is 0 Å². The fourth-order valence-corrected chi connectivity index (χ4v) is 9.06. The lowest BCUT2D eigenvalue weighted by Crippen LogP contribution is -2.12.